The first-order valence-electron chi connectivity index (χ1n) is 4.28. The monoisotopic (exact) mass is 196 g/mol. The van der Waals surface area contributed by atoms with Gasteiger partial charge in [0.1, 0.15) is 0 Å². The van der Waals surface area contributed by atoms with Crippen molar-refractivity contribution in [2.24, 2.45) is 0 Å². The number of ether oxygens (including phenoxy) is 1. The molecule has 4 nitrogen and oxygen atoms in total. The summed E-state index contributed by atoms with van der Waals surface area (Å²) < 4.78 is 4.99. The van der Waals surface area contributed by atoms with Gasteiger partial charge in [0.15, 0.2) is 5.75 Å². The predicted molar refractivity (Wildman–Crippen MR) is 50.0 cm³/mol. The van der Waals surface area contributed by atoms with Crippen LogP contribution in [0.1, 0.15) is 13.3 Å². The minimum absolute atomic E-state index is 0.273. The van der Waals surface area contributed by atoms with Gasteiger partial charge in [0.25, 0.3) is 0 Å². The van der Waals surface area contributed by atoms with Gasteiger partial charge < -0.3 is 4.74 Å². The summed E-state index contributed by atoms with van der Waals surface area (Å²) in [6.45, 7) is 1.69. The lowest BCUT2D eigenvalue weighted by atomic mass is 10.3. The smallest absolute Gasteiger partial charge is 0.355 e. The van der Waals surface area contributed by atoms with Gasteiger partial charge in [-0.3, -0.25) is 9.78 Å². The number of hydrogen-bond acceptors (Lipinski definition) is 4. The summed E-state index contributed by atoms with van der Waals surface area (Å²) in [5.74, 6) is 0.490. The van der Waals surface area contributed by atoms with Crippen molar-refractivity contribution in [3.63, 3.8) is 0 Å². The molecule has 0 spiro atoms. The van der Waals surface area contributed by atoms with Gasteiger partial charge in [0, 0.05) is 6.42 Å². The van der Waals surface area contributed by atoms with E-state index in [1.54, 1.807) is 31.2 Å². The lowest BCUT2D eigenvalue weighted by Crippen LogP contribution is -2.06. The van der Waals surface area contributed by atoms with Crippen LogP contribution in [-0.4, -0.2) is 13.1 Å². The third-order valence-electron chi connectivity index (χ3n) is 1.58. The maximum absolute atomic E-state index is 10.8. The van der Waals surface area contributed by atoms with E-state index < -0.39 is 5.97 Å². The predicted octanol–water partition coefficient (Wildman–Crippen LogP) is 1.94. The SMILES string of the molecule is CCC(=O)OOc1ccccc1OC. The normalized spacial score (nSPS) is 9.29. The first kappa shape index (κ1) is 10.4. The molecule has 0 aliphatic heterocycles. The van der Waals surface area contributed by atoms with Crippen LogP contribution >= 0.6 is 0 Å². The van der Waals surface area contributed by atoms with E-state index in [1.807, 2.05) is 0 Å². The van der Waals surface area contributed by atoms with Gasteiger partial charge in [-0.15, -0.1) is 0 Å². The number of rotatable bonds is 4. The molecule has 1 aromatic carbocycles. The van der Waals surface area contributed by atoms with E-state index in [-0.39, 0.29) is 6.42 Å². The van der Waals surface area contributed by atoms with Crippen molar-refractivity contribution in [1.29, 1.82) is 0 Å². The van der Waals surface area contributed by atoms with Crippen molar-refractivity contribution in [2.75, 3.05) is 7.11 Å². The van der Waals surface area contributed by atoms with Crippen molar-refractivity contribution in [3.05, 3.63) is 24.3 Å². The van der Waals surface area contributed by atoms with Gasteiger partial charge in [-0.2, -0.15) is 0 Å². The van der Waals surface area contributed by atoms with Crippen LogP contribution < -0.4 is 9.62 Å². The van der Waals surface area contributed by atoms with Gasteiger partial charge in [-0.05, 0) is 12.1 Å². The highest BCUT2D eigenvalue weighted by Gasteiger charge is 2.06. The average Bonchev–Trinajstić information content (AvgIpc) is 2.26. The van der Waals surface area contributed by atoms with Gasteiger partial charge in [-0.1, -0.05) is 19.1 Å². The molecule has 0 fully saturated rings. The zero-order chi connectivity index (χ0) is 10.4. The number of hydrogen-bond donors (Lipinski definition) is 0. The van der Waals surface area contributed by atoms with Gasteiger partial charge in [-0.25, -0.2) is 4.79 Å². The van der Waals surface area contributed by atoms with E-state index in [2.05, 4.69) is 4.89 Å². The lowest BCUT2D eigenvalue weighted by molar-refractivity contribution is -0.213. The minimum atomic E-state index is -0.420. The number of methoxy groups -OCH3 is 1. The van der Waals surface area contributed by atoms with Gasteiger partial charge >= 0.3 is 5.97 Å². The molecule has 0 atom stereocenters. The van der Waals surface area contributed by atoms with Crippen LogP contribution in [0, 0.1) is 0 Å². The second kappa shape index (κ2) is 5.11. The molecule has 4 heteroatoms. The zero-order valence-corrected chi connectivity index (χ0v) is 8.15. The summed E-state index contributed by atoms with van der Waals surface area (Å²) >= 11 is 0. The second-order valence-corrected chi connectivity index (χ2v) is 2.54. The van der Waals surface area contributed by atoms with E-state index in [0.717, 1.165) is 0 Å². The van der Waals surface area contributed by atoms with Gasteiger partial charge in [0.05, 0.1) is 7.11 Å². The number of para-hydroxylation sites is 2. The van der Waals surface area contributed by atoms with Crippen LogP contribution in [0.4, 0.5) is 0 Å². The molecule has 0 bridgehead atoms. The van der Waals surface area contributed by atoms with Crippen LogP contribution in [0.2, 0.25) is 0 Å². The molecule has 0 heterocycles. The molecule has 0 aliphatic rings. The number of benzene rings is 1. The first-order chi connectivity index (χ1) is 6.77. The summed E-state index contributed by atoms with van der Waals surface area (Å²) in [5, 5.41) is 0. The van der Waals surface area contributed by atoms with E-state index in [9.17, 15) is 4.79 Å². The molecule has 0 amide bonds. The second-order valence-electron chi connectivity index (χ2n) is 2.54. The van der Waals surface area contributed by atoms with E-state index in [1.165, 1.54) is 7.11 Å². The van der Waals surface area contributed by atoms with Crippen LogP contribution in [0.5, 0.6) is 11.5 Å². The Balaban J connectivity index is 2.61. The summed E-state index contributed by atoms with van der Waals surface area (Å²) in [6.07, 6.45) is 0.273. The molecule has 14 heavy (non-hydrogen) atoms. The molecule has 0 unspecified atom stereocenters. The third kappa shape index (κ3) is 2.65. The maximum atomic E-state index is 10.8. The average molecular weight is 196 g/mol. The van der Waals surface area contributed by atoms with Crippen molar-refractivity contribution in [3.8, 4) is 11.5 Å². The highest BCUT2D eigenvalue weighted by atomic mass is 17.2. The van der Waals surface area contributed by atoms with Crippen LogP contribution in [-0.2, 0) is 9.68 Å². The highest BCUT2D eigenvalue weighted by Crippen LogP contribution is 2.25. The van der Waals surface area contributed by atoms with Crippen molar-refractivity contribution in [2.45, 2.75) is 13.3 Å². The third-order valence-corrected chi connectivity index (χ3v) is 1.58. The molecule has 1 rings (SSSR count). The summed E-state index contributed by atoms with van der Waals surface area (Å²) in [7, 11) is 1.52. The van der Waals surface area contributed by atoms with Crippen LogP contribution in [0.15, 0.2) is 24.3 Å². The molecular weight excluding hydrogens is 184 g/mol. The van der Waals surface area contributed by atoms with Crippen LogP contribution in [0.3, 0.4) is 0 Å². The molecule has 0 aliphatic carbocycles. The number of carbonyl (C=O) groups excluding carboxylic acids is 1. The number of carbonyl (C=O) groups is 1. The molecule has 76 valence electrons. The Bertz CT molecular complexity index is 309. The minimum Gasteiger partial charge on any atom is -0.493 e. The largest absolute Gasteiger partial charge is 0.493 e. The molecule has 0 aromatic heterocycles. The van der Waals surface area contributed by atoms with Crippen molar-refractivity contribution >= 4 is 5.97 Å². The highest BCUT2D eigenvalue weighted by molar-refractivity contribution is 5.68. The molecular formula is C10H12O4. The lowest BCUT2D eigenvalue weighted by Gasteiger charge is -2.07. The molecule has 1 aromatic rings. The Kier molecular flexibility index (Phi) is 3.79. The zero-order valence-electron chi connectivity index (χ0n) is 8.15. The van der Waals surface area contributed by atoms with E-state index >= 15 is 0 Å². The van der Waals surface area contributed by atoms with E-state index in [0.29, 0.717) is 11.5 Å². The molecule has 0 saturated carbocycles. The van der Waals surface area contributed by atoms with Crippen molar-refractivity contribution in [1.82, 2.24) is 0 Å². The summed E-state index contributed by atoms with van der Waals surface area (Å²) in [4.78, 5) is 20.1. The first-order valence-corrected chi connectivity index (χ1v) is 4.28. The van der Waals surface area contributed by atoms with Crippen molar-refractivity contribution < 1.29 is 19.3 Å². The molecule has 0 N–H and O–H groups in total. The Morgan fingerprint density at radius 1 is 1.29 bits per heavy atom. The van der Waals surface area contributed by atoms with E-state index in [4.69, 9.17) is 9.62 Å². The quantitative estimate of drug-likeness (QED) is 0.545. The Hall–Kier alpha value is -1.71. The topological polar surface area (TPSA) is 44.8 Å². The summed E-state index contributed by atoms with van der Waals surface area (Å²) in [5.41, 5.74) is 0. The standard InChI is InChI=1S/C10H12O4/c1-3-10(11)14-13-9-7-5-4-6-8(9)12-2/h4-7H,3H2,1-2H3. The fourth-order valence-corrected chi connectivity index (χ4v) is 0.838. The molecule has 0 radical (unpaired) electrons. The maximum Gasteiger partial charge on any atom is 0.355 e. The fraction of sp³-hybridized carbons (Fsp3) is 0.300. The van der Waals surface area contributed by atoms with Gasteiger partial charge in [0.2, 0.25) is 5.75 Å². The summed E-state index contributed by atoms with van der Waals surface area (Å²) in [6, 6.07) is 6.93. The Labute approximate surface area is 82.3 Å². The fourth-order valence-electron chi connectivity index (χ4n) is 0.838. The Morgan fingerprint density at radius 3 is 2.50 bits per heavy atom. The Morgan fingerprint density at radius 2 is 1.93 bits per heavy atom. The molecule has 0 saturated heterocycles. The van der Waals surface area contributed by atoms with Crippen LogP contribution in [0.25, 0.3) is 0 Å².